The number of hydrogen-bond donors (Lipinski definition) is 1. The minimum atomic E-state index is -1.18. The van der Waals surface area contributed by atoms with Crippen LogP contribution in [-0.2, 0) is 17.8 Å². The summed E-state index contributed by atoms with van der Waals surface area (Å²) in [6, 6.07) is 29.4. The molecule has 200 valence electrons. The summed E-state index contributed by atoms with van der Waals surface area (Å²) in [6.45, 7) is 0.402. The Bertz CT molecular complexity index is 1680. The Balaban J connectivity index is 1.51. The molecule has 0 amide bonds. The normalized spacial score (nSPS) is 11.7. The van der Waals surface area contributed by atoms with Crippen LogP contribution in [0.15, 0.2) is 103 Å². The SMILES string of the molecule is CN(C)c1ccc(C/C(C(=O)c2ccc(OCc3ccccc3)cc2)=C(\C(=O)O)c2ccc3nsnc3c2)cc1. The van der Waals surface area contributed by atoms with E-state index in [-0.39, 0.29) is 23.4 Å². The van der Waals surface area contributed by atoms with Crippen molar-refractivity contribution >= 4 is 45.8 Å². The van der Waals surface area contributed by atoms with Gasteiger partial charge in [-0.3, -0.25) is 4.79 Å². The van der Waals surface area contributed by atoms with Crippen LogP contribution in [0.25, 0.3) is 16.6 Å². The standard InChI is InChI=1S/C32H27N3O4S/c1-35(2)25-13-8-21(9-14-25)18-27(30(32(37)38)24-12-17-28-29(19-24)34-40-33-28)31(36)23-10-15-26(16-11-23)39-20-22-6-4-3-5-7-22/h3-17,19H,18,20H2,1-2H3,(H,37,38)/b30-27+. The lowest BCUT2D eigenvalue weighted by molar-refractivity contribution is -0.130. The third kappa shape index (κ3) is 6.08. The van der Waals surface area contributed by atoms with E-state index in [2.05, 4.69) is 8.75 Å². The van der Waals surface area contributed by atoms with Gasteiger partial charge in [0.15, 0.2) is 5.78 Å². The third-order valence-electron chi connectivity index (χ3n) is 6.53. The van der Waals surface area contributed by atoms with E-state index in [0.717, 1.165) is 28.5 Å². The summed E-state index contributed by atoms with van der Waals surface area (Å²) in [5, 5.41) is 10.4. The van der Waals surface area contributed by atoms with Crippen molar-refractivity contribution in [3.8, 4) is 5.75 Å². The molecule has 40 heavy (non-hydrogen) atoms. The van der Waals surface area contributed by atoms with Crippen molar-refractivity contribution in [1.29, 1.82) is 0 Å². The number of anilines is 1. The molecule has 5 rings (SSSR count). The number of nitrogens with zero attached hydrogens (tertiary/aromatic N) is 3. The number of ether oxygens (including phenoxy) is 1. The molecule has 1 heterocycles. The first-order chi connectivity index (χ1) is 19.4. The highest BCUT2D eigenvalue weighted by atomic mass is 32.1. The van der Waals surface area contributed by atoms with Gasteiger partial charge in [0.05, 0.1) is 17.3 Å². The lowest BCUT2D eigenvalue weighted by atomic mass is 9.89. The second-order valence-corrected chi connectivity index (χ2v) is 10.0. The molecule has 0 saturated heterocycles. The molecule has 0 radical (unpaired) electrons. The van der Waals surface area contributed by atoms with E-state index in [4.69, 9.17) is 4.74 Å². The molecule has 0 saturated carbocycles. The number of benzene rings is 4. The second-order valence-electron chi connectivity index (χ2n) is 9.49. The number of allylic oxidation sites excluding steroid dienone is 1. The molecule has 0 aliphatic rings. The van der Waals surface area contributed by atoms with E-state index < -0.39 is 5.97 Å². The fourth-order valence-corrected chi connectivity index (χ4v) is 4.90. The third-order valence-corrected chi connectivity index (χ3v) is 7.09. The molecule has 0 bridgehead atoms. The number of carbonyl (C=O) groups is 2. The Kier molecular flexibility index (Phi) is 7.98. The number of carboxylic acid groups (broad SMARTS) is 1. The van der Waals surface area contributed by atoms with Crippen molar-refractivity contribution < 1.29 is 19.4 Å². The molecule has 0 aliphatic carbocycles. The molecule has 0 unspecified atom stereocenters. The van der Waals surface area contributed by atoms with Crippen molar-refractivity contribution in [2.45, 2.75) is 13.0 Å². The molecule has 0 spiro atoms. The average Bonchev–Trinajstić information content (AvgIpc) is 3.44. The van der Waals surface area contributed by atoms with Crippen LogP contribution in [0.5, 0.6) is 5.75 Å². The molecule has 0 fully saturated rings. The number of hydrogen-bond acceptors (Lipinski definition) is 7. The quantitative estimate of drug-likeness (QED) is 0.161. The first kappa shape index (κ1) is 26.8. The van der Waals surface area contributed by atoms with Crippen molar-refractivity contribution in [3.63, 3.8) is 0 Å². The van der Waals surface area contributed by atoms with Crippen LogP contribution in [0.4, 0.5) is 5.69 Å². The summed E-state index contributed by atoms with van der Waals surface area (Å²) in [4.78, 5) is 28.6. The fourth-order valence-electron chi connectivity index (χ4n) is 4.38. The van der Waals surface area contributed by atoms with Crippen molar-refractivity contribution in [2.24, 2.45) is 0 Å². The molecular weight excluding hydrogens is 522 g/mol. The maximum Gasteiger partial charge on any atom is 0.336 e. The van der Waals surface area contributed by atoms with E-state index in [1.54, 1.807) is 42.5 Å². The van der Waals surface area contributed by atoms with Gasteiger partial charge < -0.3 is 14.7 Å². The minimum absolute atomic E-state index is 0.0546. The monoisotopic (exact) mass is 549 g/mol. The highest BCUT2D eigenvalue weighted by Gasteiger charge is 2.24. The first-order valence-electron chi connectivity index (χ1n) is 12.7. The van der Waals surface area contributed by atoms with Gasteiger partial charge in [-0.1, -0.05) is 48.5 Å². The van der Waals surface area contributed by atoms with Gasteiger partial charge in [0.2, 0.25) is 0 Å². The number of aliphatic carboxylic acids is 1. The number of carboxylic acids is 1. The zero-order valence-electron chi connectivity index (χ0n) is 22.1. The zero-order chi connectivity index (χ0) is 28.1. The number of rotatable bonds is 10. The maximum absolute atomic E-state index is 14.0. The van der Waals surface area contributed by atoms with Crippen LogP contribution in [0.2, 0.25) is 0 Å². The van der Waals surface area contributed by atoms with E-state index in [1.165, 1.54) is 0 Å². The van der Waals surface area contributed by atoms with Crippen LogP contribution < -0.4 is 9.64 Å². The predicted molar refractivity (Wildman–Crippen MR) is 158 cm³/mol. The number of aromatic nitrogens is 2. The van der Waals surface area contributed by atoms with E-state index in [0.29, 0.717) is 34.5 Å². The van der Waals surface area contributed by atoms with Gasteiger partial charge in [-0.05, 0) is 65.2 Å². The van der Waals surface area contributed by atoms with Gasteiger partial charge in [0.1, 0.15) is 23.4 Å². The zero-order valence-corrected chi connectivity index (χ0v) is 22.9. The summed E-state index contributed by atoms with van der Waals surface area (Å²) in [7, 11) is 3.90. The van der Waals surface area contributed by atoms with Crippen molar-refractivity contribution in [2.75, 3.05) is 19.0 Å². The summed E-state index contributed by atoms with van der Waals surface area (Å²) in [6.07, 6.45) is 0.147. The first-order valence-corrected chi connectivity index (χ1v) is 13.4. The Morgan fingerprint density at radius 3 is 2.15 bits per heavy atom. The lowest BCUT2D eigenvalue weighted by Crippen LogP contribution is -2.14. The van der Waals surface area contributed by atoms with E-state index in [9.17, 15) is 14.7 Å². The Labute approximate surface area is 236 Å². The number of ketones is 1. The molecule has 0 atom stereocenters. The van der Waals surface area contributed by atoms with Crippen molar-refractivity contribution in [1.82, 2.24) is 8.75 Å². The number of carbonyl (C=O) groups excluding carboxylic acids is 1. The second kappa shape index (κ2) is 11.9. The molecule has 0 aliphatic heterocycles. The number of Topliss-reactive ketones (excluding diaryl/α,β-unsaturated/α-hetero) is 1. The van der Waals surface area contributed by atoms with Crippen LogP contribution in [0, 0.1) is 0 Å². The van der Waals surface area contributed by atoms with Gasteiger partial charge >= 0.3 is 5.97 Å². The van der Waals surface area contributed by atoms with Crippen LogP contribution in [0.1, 0.15) is 27.0 Å². The summed E-state index contributed by atoms with van der Waals surface area (Å²) in [5.41, 5.74) is 5.04. The Hall–Kier alpha value is -4.82. The molecule has 7 nitrogen and oxygen atoms in total. The lowest BCUT2D eigenvalue weighted by Gasteiger charge is -2.15. The topological polar surface area (TPSA) is 92.6 Å². The van der Waals surface area contributed by atoms with Gasteiger partial charge in [-0.15, -0.1) is 0 Å². The molecule has 5 aromatic rings. The average molecular weight is 550 g/mol. The summed E-state index contributed by atoms with van der Waals surface area (Å²) in [5.74, 6) is -0.927. The predicted octanol–water partition coefficient (Wildman–Crippen LogP) is 6.30. The Morgan fingerprint density at radius 1 is 0.800 bits per heavy atom. The van der Waals surface area contributed by atoms with Gasteiger partial charge in [-0.2, -0.15) is 8.75 Å². The molecule has 1 aromatic heterocycles. The van der Waals surface area contributed by atoms with Crippen molar-refractivity contribution in [3.05, 3.63) is 125 Å². The highest BCUT2D eigenvalue weighted by Crippen LogP contribution is 2.29. The van der Waals surface area contributed by atoms with Crippen LogP contribution in [-0.4, -0.2) is 39.7 Å². The van der Waals surface area contributed by atoms with Crippen LogP contribution >= 0.6 is 11.7 Å². The smallest absolute Gasteiger partial charge is 0.336 e. The highest BCUT2D eigenvalue weighted by molar-refractivity contribution is 7.00. The van der Waals surface area contributed by atoms with E-state index in [1.807, 2.05) is 73.6 Å². The van der Waals surface area contributed by atoms with E-state index >= 15 is 0 Å². The summed E-state index contributed by atoms with van der Waals surface area (Å²) < 4.78 is 14.3. The van der Waals surface area contributed by atoms with Gasteiger partial charge in [0.25, 0.3) is 0 Å². The van der Waals surface area contributed by atoms with Gasteiger partial charge in [0, 0.05) is 37.3 Å². The number of fused-ring (bicyclic) bond motifs is 1. The molecule has 1 N–H and O–H groups in total. The molecule has 8 heteroatoms. The summed E-state index contributed by atoms with van der Waals surface area (Å²) >= 11 is 1.06. The van der Waals surface area contributed by atoms with Gasteiger partial charge in [-0.25, -0.2) is 4.79 Å². The van der Waals surface area contributed by atoms with Crippen LogP contribution in [0.3, 0.4) is 0 Å². The minimum Gasteiger partial charge on any atom is -0.489 e. The maximum atomic E-state index is 14.0. The molecule has 4 aromatic carbocycles. The Morgan fingerprint density at radius 2 is 1.48 bits per heavy atom. The molecular formula is C32H27N3O4S. The largest absolute Gasteiger partial charge is 0.489 e. The fraction of sp³-hybridized carbons (Fsp3) is 0.125.